The molecule has 0 radical (unpaired) electrons. The van der Waals surface area contributed by atoms with E-state index in [0.29, 0.717) is 51.5 Å². The summed E-state index contributed by atoms with van der Waals surface area (Å²) in [7, 11) is 4.88. The van der Waals surface area contributed by atoms with Gasteiger partial charge in [0.1, 0.15) is 17.2 Å². The Hall–Kier alpha value is -2.84. The number of amides is 1. The van der Waals surface area contributed by atoms with E-state index < -0.39 is 0 Å². The fourth-order valence-corrected chi connectivity index (χ4v) is 3.34. The van der Waals surface area contributed by atoms with Crippen molar-refractivity contribution < 1.29 is 23.7 Å². The van der Waals surface area contributed by atoms with Crippen molar-refractivity contribution in [2.45, 2.75) is 20.3 Å². The van der Waals surface area contributed by atoms with Crippen LogP contribution in [-0.4, -0.2) is 89.1 Å². The Kier molecular flexibility index (Phi) is 9.37. The smallest absolute Gasteiger partial charge is 0.409 e. The zero-order chi connectivity index (χ0) is 21.9. The van der Waals surface area contributed by atoms with Crippen LogP contribution in [0.4, 0.5) is 4.79 Å². The highest BCUT2D eigenvalue weighted by atomic mass is 16.6. The number of aliphatic imine (C=N–C) groups is 1. The molecule has 0 bridgehead atoms. The van der Waals surface area contributed by atoms with Crippen molar-refractivity contribution in [2.75, 3.05) is 67.2 Å². The minimum absolute atomic E-state index is 0.252. The van der Waals surface area contributed by atoms with Crippen LogP contribution in [0.3, 0.4) is 0 Å². The van der Waals surface area contributed by atoms with Gasteiger partial charge in [-0.2, -0.15) is 0 Å². The first-order valence-corrected chi connectivity index (χ1v) is 10.3. The summed E-state index contributed by atoms with van der Waals surface area (Å²) in [6.45, 7) is 8.23. The molecule has 2 rings (SSSR count). The molecule has 0 saturated carbocycles. The maximum absolute atomic E-state index is 11.9. The van der Waals surface area contributed by atoms with Crippen molar-refractivity contribution in [1.82, 2.24) is 15.1 Å². The van der Waals surface area contributed by atoms with Crippen LogP contribution in [-0.2, 0) is 11.2 Å². The monoisotopic (exact) mass is 422 g/mol. The molecular weight excluding hydrogens is 388 g/mol. The number of rotatable bonds is 8. The molecule has 0 aliphatic carbocycles. The van der Waals surface area contributed by atoms with Gasteiger partial charge < -0.3 is 34.1 Å². The molecule has 1 amide bonds. The normalized spacial score (nSPS) is 14.4. The minimum atomic E-state index is -0.252. The molecule has 0 aromatic heterocycles. The van der Waals surface area contributed by atoms with Gasteiger partial charge in [-0.3, -0.25) is 4.99 Å². The third kappa shape index (κ3) is 6.08. The van der Waals surface area contributed by atoms with Crippen molar-refractivity contribution in [1.29, 1.82) is 0 Å². The summed E-state index contributed by atoms with van der Waals surface area (Å²) in [5.74, 6) is 2.96. The second kappa shape index (κ2) is 12.0. The second-order valence-corrected chi connectivity index (χ2v) is 6.67. The maximum atomic E-state index is 11.9. The number of benzene rings is 1. The van der Waals surface area contributed by atoms with Crippen LogP contribution in [0.1, 0.15) is 19.4 Å². The third-order valence-corrected chi connectivity index (χ3v) is 4.88. The van der Waals surface area contributed by atoms with E-state index in [1.165, 1.54) is 0 Å². The van der Waals surface area contributed by atoms with Gasteiger partial charge in [0.15, 0.2) is 5.96 Å². The van der Waals surface area contributed by atoms with Crippen molar-refractivity contribution >= 4 is 12.1 Å². The molecule has 1 aliphatic heterocycles. The fraction of sp³-hybridized carbons (Fsp3) is 0.619. The Balaban J connectivity index is 2.05. The number of hydrogen-bond donors (Lipinski definition) is 1. The number of nitrogens with one attached hydrogen (secondary N) is 1. The number of carbonyl (C=O) groups is 1. The van der Waals surface area contributed by atoms with Gasteiger partial charge in [-0.1, -0.05) is 0 Å². The molecule has 0 spiro atoms. The van der Waals surface area contributed by atoms with Gasteiger partial charge in [-0.05, 0) is 20.3 Å². The lowest BCUT2D eigenvalue weighted by Crippen LogP contribution is -2.54. The first-order chi connectivity index (χ1) is 14.6. The predicted octanol–water partition coefficient (Wildman–Crippen LogP) is 1.99. The first kappa shape index (κ1) is 23.4. The lowest BCUT2D eigenvalue weighted by molar-refractivity contribution is 0.0914. The van der Waals surface area contributed by atoms with E-state index in [1.807, 2.05) is 26.0 Å². The van der Waals surface area contributed by atoms with Crippen LogP contribution < -0.4 is 19.5 Å². The Morgan fingerprint density at radius 3 is 2.10 bits per heavy atom. The fourth-order valence-electron chi connectivity index (χ4n) is 3.34. The van der Waals surface area contributed by atoms with Crippen LogP contribution >= 0.6 is 0 Å². The summed E-state index contributed by atoms with van der Waals surface area (Å²) in [4.78, 5) is 20.6. The topological polar surface area (TPSA) is 84.9 Å². The summed E-state index contributed by atoms with van der Waals surface area (Å²) in [5, 5.41) is 3.34. The molecule has 30 heavy (non-hydrogen) atoms. The van der Waals surface area contributed by atoms with Crippen LogP contribution in [0.5, 0.6) is 17.2 Å². The van der Waals surface area contributed by atoms with E-state index in [2.05, 4.69) is 10.2 Å². The van der Waals surface area contributed by atoms with Crippen LogP contribution in [0.15, 0.2) is 17.1 Å². The van der Waals surface area contributed by atoms with Crippen molar-refractivity contribution in [3.05, 3.63) is 17.7 Å². The molecule has 168 valence electrons. The molecule has 1 N–H and O–H groups in total. The zero-order valence-electron chi connectivity index (χ0n) is 18.7. The summed E-state index contributed by atoms with van der Waals surface area (Å²) < 4.78 is 21.4. The average molecular weight is 423 g/mol. The highest BCUT2D eigenvalue weighted by Gasteiger charge is 2.23. The van der Waals surface area contributed by atoms with E-state index in [4.69, 9.17) is 23.9 Å². The second-order valence-electron chi connectivity index (χ2n) is 6.67. The molecule has 1 saturated heterocycles. The molecular formula is C21H34N4O5. The lowest BCUT2D eigenvalue weighted by atomic mass is 10.1. The van der Waals surface area contributed by atoms with Crippen molar-refractivity contribution in [2.24, 2.45) is 4.99 Å². The van der Waals surface area contributed by atoms with Crippen molar-refractivity contribution in [3.8, 4) is 17.2 Å². The van der Waals surface area contributed by atoms with Gasteiger partial charge >= 0.3 is 6.09 Å². The molecule has 1 fully saturated rings. The van der Waals surface area contributed by atoms with Gasteiger partial charge in [0, 0.05) is 57.0 Å². The Morgan fingerprint density at radius 1 is 1.00 bits per heavy atom. The first-order valence-electron chi connectivity index (χ1n) is 10.3. The van der Waals surface area contributed by atoms with E-state index in [1.54, 1.807) is 26.2 Å². The number of guanidine groups is 1. The Morgan fingerprint density at radius 2 is 1.60 bits per heavy atom. The van der Waals surface area contributed by atoms with Crippen LogP contribution in [0.2, 0.25) is 0 Å². The molecule has 1 heterocycles. The molecule has 1 aromatic rings. The average Bonchev–Trinajstić information content (AvgIpc) is 2.78. The lowest BCUT2D eigenvalue weighted by Gasteiger charge is -2.35. The van der Waals surface area contributed by atoms with E-state index in [-0.39, 0.29) is 6.09 Å². The summed E-state index contributed by atoms with van der Waals surface area (Å²) in [6.07, 6.45) is 0.409. The van der Waals surface area contributed by atoms with Gasteiger partial charge in [0.2, 0.25) is 0 Å². The number of ether oxygens (including phenoxy) is 4. The predicted molar refractivity (Wildman–Crippen MR) is 116 cm³/mol. The minimum Gasteiger partial charge on any atom is -0.496 e. The van der Waals surface area contributed by atoms with Gasteiger partial charge in [-0.15, -0.1) is 0 Å². The van der Waals surface area contributed by atoms with Gasteiger partial charge in [-0.25, -0.2) is 4.79 Å². The molecule has 1 aliphatic rings. The van der Waals surface area contributed by atoms with E-state index in [0.717, 1.165) is 29.6 Å². The van der Waals surface area contributed by atoms with E-state index >= 15 is 0 Å². The van der Waals surface area contributed by atoms with Crippen molar-refractivity contribution in [3.63, 3.8) is 0 Å². The number of methoxy groups -OCH3 is 3. The SMILES string of the molecule is CCNC(=NCCc1c(OC)cc(OC)cc1OC)N1CCN(C(=O)OCC)CC1. The molecule has 0 unspecified atom stereocenters. The maximum Gasteiger partial charge on any atom is 0.409 e. The third-order valence-electron chi connectivity index (χ3n) is 4.88. The summed E-state index contributed by atoms with van der Waals surface area (Å²) >= 11 is 0. The highest BCUT2D eigenvalue weighted by Crippen LogP contribution is 2.34. The number of hydrogen-bond acceptors (Lipinski definition) is 6. The van der Waals surface area contributed by atoms with Crippen LogP contribution in [0.25, 0.3) is 0 Å². The molecule has 9 heteroatoms. The van der Waals surface area contributed by atoms with Gasteiger partial charge in [0.25, 0.3) is 0 Å². The summed E-state index contributed by atoms with van der Waals surface area (Å²) in [5.41, 5.74) is 0.951. The quantitative estimate of drug-likeness (QED) is 0.507. The standard InChI is InChI=1S/C21H34N4O5/c1-6-22-20(24-10-12-25(13-11-24)21(26)30-7-2)23-9-8-17-18(28-4)14-16(27-3)15-19(17)29-5/h14-15H,6-13H2,1-5H3,(H,22,23). The zero-order valence-corrected chi connectivity index (χ0v) is 18.7. The van der Waals surface area contributed by atoms with E-state index in [9.17, 15) is 4.79 Å². The number of carbonyl (C=O) groups excluding carboxylic acids is 1. The molecule has 0 atom stereocenters. The Bertz CT molecular complexity index is 692. The molecule has 1 aromatic carbocycles. The Labute approximate surface area is 178 Å². The number of nitrogens with zero attached hydrogens (tertiary/aromatic N) is 3. The van der Waals surface area contributed by atoms with Gasteiger partial charge in [0.05, 0.1) is 27.9 Å². The number of piperazine rings is 1. The summed E-state index contributed by atoms with van der Waals surface area (Å²) in [6, 6.07) is 3.70. The van der Waals surface area contributed by atoms with Crippen LogP contribution in [0, 0.1) is 0 Å². The molecule has 9 nitrogen and oxygen atoms in total. The highest BCUT2D eigenvalue weighted by molar-refractivity contribution is 5.80. The largest absolute Gasteiger partial charge is 0.496 e.